The zero-order valence-electron chi connectivity index (χ0n) is 12.4. The maximum absolute atomic E-state index is 12.3. The summed E-state index contributed by atoms with van der Waals surface area (Å²) in [6.45, 7) is 3.60. The van der Waals surface area contributed by atoms with Gasteiger partial charge in [-0.15, -0.1) is 0 Å². The zero-order valence-corrected chi connectivity index (χ0v) is 13.2. The van der Waals surface area contributed by atoms with Crippen molar-refractivity contribution in [1.82, 2.24) is 4.72 Å². The van der Waals surface area contributed by atoms with Crippen LogP contribution in [0.3, 0.4) is 0 Å². The van der Waals surface area contributed by atoms with Gasteiger partial charge in [0.1, 0.15) is 0 Å². The van der Waals surface area contributed by atoms with Crippen LogP contribution in [0.1, 0.15) is 46.0 Å². The summed E-state index contributed by atoms with van der Waals surface area (Å²) in [5.74, 6) is -1.08. The highest BCUT2D eigenvalue weighted by molar-refractivity contribution is 7.90. The standard InChI is InChI=1S/C13H25NO5S/c1-4-13(16,5-2)9-14-20(17,18)11-8-6-7-10(11)12(15)19-3/h10-11,14,16H,4-9H2,1-3H3. The number of esters is 1. The number of carbonyl (C=O) groups is 1. The second kappa shape index (κ2) is 6.87. The van der Waals surface area contributed by atoms with Crippen molar-refractivity contribution in [3.63, 3.8) is 0 Å². The van der Waals surface area contributed by atoms with E-state index in [1.807, 2.05) is 13.8 Å². The van der Waals surface area contributed by atoms with Crippen LogP contribution in [0.15, 0.2) is 0 Å². The minimum absolute atomic E-state index is 0.0211. The molecule has 0 radical (unpaired) electrons. The monoisotopic (exact) mass is 307 g/mol. The molecule has 6 nitrogen and oxygen atoms in total. The number of carbonyl (C=O) groups excluding carboxylic acids is 1. The van der Waals surface area contributed by atoms with Crippen LogP contribution in [-0.4, -0.2) is 44.0 Å². The highest BCUT2D eigenvalue weighted by Crippen LogP contribution is 2.31. The third kappa shape index (κ3) is 3.93. The molecule has 0 spiro atoms. The van der Waals surface area contributed by atoms with E-state index in [-0.39, 0.29) is 6.54 Å². The zero-order chi connectivity index (χ0) is 15.4. The first-order chi connectivity index (χ1) is 9.29. The van der Waals surface area contributed by atoms with E-state index >= 15 is 0 Å². The molecule has 2 N–H and O–H groups in total. The number of hydrogen-bond donors (Lipinski definition) is 2. The second-order valence-corrected chi connectivity index (χ2v) is 7.38. The molecule has 0 heterocycles. The average molecular weight is 307 g/mol. The van der Waals surface area contributed by atoms with E-state index in [0.717, 1.165) is 0 Å². The van der Waals surface area contributed by atoms with Gasteiger partial charge in [0.05, 0.1) is 23.9 Å². The summed E-state index contributed by atoms with van der Waals surface area (Å²) < 4.78 is 31.8. The summed E-state index contributed by atoms with van der Waals surface area (Å²) in [6, 6.07) is 0. The van der Waals surface area contributed by atoms with E-state index in [1.54, 1.807) is 0 Å². The first-order valence-electron chi connectivity index (χ1n) is 7.08. The molecule has 0 aromatic rings. The Bertz CT molecular complexity index is 430. The van der Waals surface area contributed by atoms with Crippen LogP contribution in [0.4, 0.5) is 0 Å². The second-order valence-electron chi connectivity index (χ2n) is 5.40. The van der Waals surface area contributed by atoms with Gasteiger partial charge in [-0.25, -0.2) is 13.1 Å². The molecule has 1 aliphatic rings. The molecule has 0 bridgehead atoms. The molecule has 1 fully saturated rings. The molecule has 0 aromatic heterocycles. The maximum Gasteiger partial charge on any atom is 0.310 e. The lowest BCUT2D eigenvalue weighted by Crippen LogP contribution is -2.46. The van der Waals surface area contributed by atoms with Crippen molar-refractivity contribution in [2.75, 3.05) is 13.7 Å². The molecule has 20 heavy (non-hydrogen) atoms. The van der Waals surface area contributed by atoms with Gasteiger partial charge in [-0.3, -0.25) is 4.79 Å². The van der Waals surface area contributed by atoms with Gasteiger partial charge in [-0.05, 0) is 25.7 Å². The number of methoxy groups -OCH3 is 1. The molecule has 118 valence electrons. The van der Waals surface area contributed by atoms with Gasteiger partial charge >= 0.3 is 5.97 Å². The van der Waals surface area contributed by atoms with Crippen molar-refractivity contribution < 1.29 is 23.1 Å². The Morgan fingerprint density at radius 2 is 1.95 bits per heavy atom. The number of nitrogens with one attached hydrogen (secondary N) is 1. The van der Waals surface area contributed by atoms with Gasteiger partial charge in [-0.2, -0.15) is 0 Å². The van der Waals surface area contributed by atoms with Crippen molar-refractivity contribution in [3.8, 4) is 0 Å². The fraction of sp³-hybridized carbons (Fsp3) is 0.923. The number of sulfonamides is 1. The van der Waals surface area contributed by atoms with Gasteiger partial charge in [0, 0.05) is 6.54 Å². The third-order valence-electron chi connectivity index (χ3n) is 4.27. The van der Waals surface area contributed by atoms with Crippen LogP contribution in [0, 0.1) is 5.92 Å². The SMILES string of the molecule is CCC(O)(CC)CNS(=O)(=O)C1CCCC1C(=O)OC. The van der Waals surface area contributed by atoms with Crippen LogP contribution in [0.2, 0.25) is 0 Å². The summed E-state index contributed by atoms with van der Waals surface area (Å²) in [5.41, 5.74) is -1.04. The number of ether oxygens (including phenoxy) is 1. The van der Waals surface area contributed by atoms with Crippen molar-refractivity contribution in [1.29, 1.82) is 0 Å². The lowest BCUT2D eigenvalue weighted by atomic mass is 9.98. The summed E-state index contributed by atoms with van der Waals surface area (Å²) in [7, 11) is -2.36. The summed E-state index contributed by atoms with van der Waals surface area (Å²) >= 11 is 0. The Morgan fingerprint density at radius 3 is 2.45 bits per heavy atom. The van der Waals surface area contributed by atoms with Gasteiger partial charge in [0.25, 0.3) is 0 Å². The Balaban J connectivity index is 2.76. The minimum atomic E-state index is -3.63. The Morgan fingerprint density at radius 1 is 1.35 bits per heavy atom. The Labute approximate surface area is 120 Å². The molecule has 0 aromatic carbocycles. The lowest BCUT2D eigenvalue weighted by Gasteiger charge is -2.27. The van der Waals surface area contributed by atoms with Crippen LogP contribution in [0.5, 0.6) is 0 Å². The normalized spacial score (nSPS) is 23.8. The smallest absolute Gasteiger partial charge is 0.310 e. The van der Waals surface area contributed by atoms with Crippen molar-refractivity contribution >= 4 is 16.0 Å². The molecule has 7 heteroatoms. The van der Waals surface area contributed by atoms with Gasteiger partial charge in [0.2, 0.25) is 10.0 Å². The fourth-order valence-corrected chi connectivity index (χ4v) is 4.40. The Hall–Kier alpha value is -0.660. The van der Waals surface area contributed by atoms with Crippen LogP contribution >= 0.6 is 0 Å². The maximum atomic E-state index is 12.3. The summed E-state index contributed by atoms with van der Waals surface area (Å²) in [6.07, 6.45) is 2.61. The quantitative estimate of drug-likeness (QED) is 0.679. The molecular formula is C13H25NO5S. The average Bonchev–Trinajstić information content (AvgIpc) is 2.94. The topological polar surface area (TPSA) is 92.7 Å². The van der Waals surface area contributed by atoms with Crippen molar-refractivity contribution in [2.24, 2.45) is 5.92 Å². The first kappa shape index (κ1) is 17.4. The van der Waals surface area contributed by atoms with E-state index in [9.17, 15) is 18.3 Å². The number of hydrogen-bond acceptors (Lipinski definition) is 5. The van der Waals surface area contributed by atoms with Crippen molar-refractivity contribution in [2.45, 2.75) is 56.8 Å². The molecule has 1 rings (SSSR count). The van der Waals surface area contributed by atoms with E-state index in [4.69, 9.17) is 0 Å². The first-order valence-corrected chi connectivity index (χ1v) is 8.63. The highest BCUT2D eigenvalue weighted by Gasteiger charge is 2.42. The molecular weight excluding hydrogens is 282 g/mol. The number of aliphatic hydroxyl groups is 1. The van der Waals surface area contributed by atoms with Crippen molar-refractivity contribution in [3.05, 3.63) is 0 Å². The van der Waals surface area contributed by atoms with Crippen LogP contribution in [0.25, 0.3) is 0 Å². The molecule has 2 atom stereocenters. The number of rotatable bonds is 7. The van der Waals surface area contributed by atoms with Crippen LogP contribution < -0.4 is 4.72 Å². The summed E-state index contributed by atoms with van der Waals surface area (Å²) in [5, 5.41) is 9.38. The van der Waals surface area contributed by atoms with E-state index in [1.165, 1.54) is 7.11 Å². The molecule has 0 saturated heterocycles. The fourth-order valence-electron chi connectivity index (χ4n) is 2.56. The van der Waals surface area contributed by atoms with E-state index in [0.29, 0.717) is 32.1 Å². The van der Waals surface area contributed by atoms with Gasteiger partial charge in [0.15, 0.2) is 0 Å². The van der Waals surface area contributed by atoms with E-state index in [2.05, 4.69) is 9.46 Å². The largest absolute Gasteiger partial charge is 0.469 e. The van der Waals surface area contributed by atoms with Gasteiger partial charge in [-0.1, -0.05) is 20.3 Å². The molecule has 0 amide bonds. The van der Waals surface area contributed by atoms with Crippen LogP contribution in [-0.2, 0) is 19.6 Å². The Kier molecular flexibility index (Phi) is 5.97. The molecule has 1 aliphatic carbocycles. The molecule has 2 unspecified atom stereocenters. The molecule has 0 aliphatic heterocycles. The lowest BCUT2D eigenvalue weighted by molar-refractivity contribution is -0.145. The highest BCUT2D eigenvalue weighted by atomic mass is 32.2. The third-order valence-corrected chi connectivity index (χ3v) is 6.18. The summed E-state index contributed by atoms with van der Waals surface area (Å²) in [4.78, 5) is 11.6. The predicted octanol–water partition coefficient (Wildman–Crippen LogP) is 0.799. The molecule has 1 saturated carbocycles. The minimum Gasteiger partial charge on any atom is -0.469 e. The van der Waals surface area contributed by atoms with Gasteiger partial charge < -0.3 is 9.84 Å². The van der Waals surface area contributed by atoms with E-state index < -0.39 is 32.8 Å². The predicted molar refractivity (Wildman–Crippen MR) is 75.6 cm³/mol.